The van der Waals surface area contributed by atoms with Crippen LogP contribution in [0.1, 0.15) is 46.0 Å². The van der Waals surface area contributed by atoms with E-state index >= 15 is 0 Å². The summed E-state index contributed by atoms with van der Waals surface area (Å²) in [6.45, 7) is 4.23. The van der Waals surface area contributed by atoms with Crippen LogP contribution in [0.3, 0.4) is 0 Å². The average Bonchev–Trinajstić information content (AvgIpc) is 2.88. The zero-order chi connectivity index (χ0) is 16.4. The molecule has 128 valence electrons. The van der Waals surface area contributed by atoms with Gasteiger partial charge in [-0.15, -0.1) is 0 Å². The Balaban J connectivity index is 2.08. The predicted octanol–water partition coefficient (Wildman–Crippen LogP) is 3.64. The highest BCUT2D eigenvalue weighted by Crippen LogP contribution is 2.49. The van der Waals surface area contributed by atoms with Crippen LogP contribution in [0.25, 0.3) is 0 Å². The highest BCUT2D eigenvalue weighted by Gasteiger charge is 2.29. The Hall–Kier alpha value is -0.210. The first-order chi connectivity index (χ1) is 10.4. The first-order valence-corrected chi connectivity index (χ1v) is 10.5. The number of nitrogens with one attached hydrogen (secondary N) is 1. The topological polar surface area (TPSA) is 64.6 Å². The second-order valence-electron chi connectivity index (χ2n) is 5.43. The Kier molecular flexibility index (Phi) is 9.51. The molecule has 1 saturated heterocycles. The highest BCUT2D eigenvalue weighted by atomic mass is 33.1. The lowest BCUT2D eigenvalue weighted by molar-refractivity contribution is -0.164. The summed E-state index contributed by atoms with van der Waals surface area (Å²) in [4.78, 5) is 22.9. The van der Waals surface area contributed by atoms with E-state index < -0.39 is 12.4 Å². The number of carbonyl (C=O) groups excluding carboxylic acids is 2. The van der Waals surface area contributed by atoms with E-state index in [-0.39, 0.29) is 5.97 Å². The first kappa shape index (κ1) is 19.8. The van der Waals surface area contributed by atoms with E-state index in [1.54, 1.807) is 0 Å². The normalized spacial score (nSPS) is 22.1. The Morgan fingerprint density at radius 2 is 2.14 bits per heavy atom. The molecule has 0 aliphatic carbocycles. The van der Waals surface area contributed by atoms with Crippen LogP contribution in [-0.2, 0) is 14.3 Å². The van der Waals surface area contributed by atoms with Gasteiger partial charge in [0.1, 0.15) is 0 Å². The molecule has 1 amide bonds. The molecule has 8 heteroatoms. The van der Waals surface area contributed by atoms with Crippen LogP contribution < -0.4 is 5.32 Å². The van der Waals surface area contributed by atoms with Crippen molar-refractivity contribution >= 4 is 46.3 Å². The number of hydrogen-bond acceptors (Lipinski definition) is 7. The minimum Gasteiger partial charge on any atom is -0.425 e. The monoisotopic (exact) mass is 367 g/mol. The predicted molar refractivity (Wildman–Crippen MR) is 95.4 cm³/mol. The van der Waals surface area contributed by atoms with E-state index in [0.29, 0.717) is 23.5 Å². The van der Waals surface area contributed by atoms with Crippen molar-refractivity contribution in [1.29, 1.82) is 0 Å². The molecule has 0 spiro atoms. The minimum atomic E-state index is -0.869. The van der Waals surface area contributed by atoms with Gasteiger partial charge in [-0.1, -0.05) is 28.0 Å². The molecular weight excluding hydrogens is 342 g/mol. The van der Waals surface area contributed by atoms with Gasteiger partial charge in [0.25, 0.3) is 0 Å². The van der Waals surface area contributed by atoms with Crippen LogP contribution in [0.5, 0.6) is 0 Å². The van der Waals surface area contributed by atoms with Crippen molar-refractivity contribution in [3.63, 3.8) is 0 Å². The van der Waals surface area contributed by atoms with Crippen molar-refractivity contribution in [1.82, 2.24) is 5.32 Å². The van der Waals surface area contributed by atoms with E-state index in [1.807, 2.05) is 21.6 Å². The molecule has 2 atom stereocenters. The largest absolute Gasteiger partial charge is 0.425 e. The van der Waals surface area contributed by atoms with Gasteiger partial charge < -0.3 is 14.8 Å². The van der Waals surface area contributed by atoms with Crippen LogP contribution in [-0.4, -0.2) is 41.2 Å². The van der Waals surface area contributed by atoms with Crippen LogP contribution >= 0.6 is 34.2 Å². The molecule has 0 aromatic rings. The summed E-state index contributed by atoms with van der Waals surface area (Å²) in [5, 5.41) is 2.49. The van der Waals surface area contributed by atoms with Crippen molar-refractivity contribution in [2.24, 2.45) is 0 Å². The van der Waals surface area contributed by atoms with Gasteiger partial charge >= 0.3 is 12.1 Å². The molecule has 1 heterocycles. The molecule has 1 N–H and O–H groups in total. The maximum atomic E-state index is 11.7. The van der Waals surface area contributed by atoms with Crippen molar-refractivity contribution in [3.05, 3.63) is 0 Å². The molecule has 22 heavy (non-hydrogen) atoms. The Bertz CT molecular complexity index is 362. The Labute approximate surface area is 145 Å². The second kappa shape index (κ2) is 10.5. The third-order valence-corrected chi connectivity index (χ3v) is 6.85. The molecule has 0 aromatic heterocycles. The van der Waals surface area contributed by atoms with E-state index in [1.165, 1.54) is 19.1 Å². The molecule has 2 unspecified atom stereocenters. The first-order valence-electron chi connectivity index (χ1n) is 7.51. The molecule has 0 bridgehead atoms. The van der Waals surface area contributed by atoms with Gasteiger partial charge in [0, 0.05) is 36.1 Å². The number of alkyl carbamates (subject to hydrolysis) is 1. The lowest BCUT2D eigenvalue weighted by Gasteiger charge is -2.20. The Morgan fingerprint density at radius 1 is 1.36 bits per heavy atom. The molecule has 1 fully saturated rings. The summed E-state index contributed by atoms with van der Waals surface area (Å²) >= 11 is 3.97. The van der Waals surface area contributed by atoms with Gasteiger partial charge in [-0.3, -0.25) is 4.79 Å². The van der Waals surface area contributed by atoms with Crippen molar-refractivity contribution in [2.45, 2.75) is 57.0 Å². The van der Waals surface area contributed by atoms with Crippen molar-refractivity contribution in [3.8, 4) is 0 Å². The summed E-state index contributed by atoms with van der Waals surface area (Å²) in [7, 11) is 3.89. The summed E-state index contributed by atoms with van der Waals surface area (Å²) in [6, 6.07) is 0. The third-order valence-electron chi connectivity index (χ3n) is 3.26. The maximum absolute atomic E-state index is 11.7. The van der Waals surface area contributed by atoms with Crippen molar-refractivity contribution < 1.29 is 19.1 Å². The fourth-order valence-electron chi connectivity index (χ4n) is 2.04. The molecule has 0 aromatic carbocycles. The summed E-state index contributed by atoms with van der Waals surface area (Å²) in [5.41, 5.74) is 0. The quantitative estimate of drug-likeness (QED) is 0.213. The number of thiol groups is 1. The molecule has 1 rings (SSSR count). The minimum absolute atomic E-state index is 0.326. The SMILES string of the molecule is CC(OC(=O)CCCCC1(C)CCSS1)OC(=O)NCCS. The number of esters is 1. The summed E-state index contributed by atoms with van der Waals surface area (Å²) in [5.74, 6) is 1.42. The van der Waals surface area contributed by atoms with E-state index in [9.17, 15) is 9.59 Å². The highest BCUT2D eigenvalue weighted by molar-refractivity contribution is 8.77. The van der Waals surface area contributed by atoms with Crippen LogP contribution in [0.2, 0.25) is 0 Å². The van der Waals surface area contributed by atoms with Gasteiger partial charge in [-0.2, -0.15) is 12.6 Å². The fraction of sp³-hybridized carbons (Fsp3) is 0.857. The smallest absolute Gasteiger partial charge is 0.410 e. The van der Waals surface area contributed by atoms with Gasteiger partial charge in [0.15, 0.2) is 0 Å². The maximum Gasteiger partial charge on any atom is 0.410 e. The molecule has 0 radical (unpaired) electrons. The fourth-order valence-corrected chi connectivity index (χ4v) is 5.45. The zero-order valence-electron chi connectivity index (χ0n) is 13.1. The number of ether oxygens (including phenoxy) is 2. The number of amides is 1. The number of unbranched alkanes of at least 4 members (excludes halogenated alkanes) is 1. The third kappa shape index (κ3) is 8.43. The van der Waals surface area contributed by atoms with Gasteiger partial charge in [0.2, 0.25) is 6.29 Å². The molecular formula is C14H25NO4S3. The number of carbonyl (C=O) groups is 2. The lowest BCUT2D eigenvalue weighted by Crippen LogP contribution is -2.31. The average molecular weight is 368 g/mol. The van der Waals surface area contributed by atoms with Gasteiger partial charge in [-0.25, -0.2) is 4.79 Å². The van der Waals surface area contributed by atoms with Crippen LogP contribution in [0.4, 0.5) is 4.79 Å². The molecule has 0 saturated carbocycles. The second-order valence-corrected chi connectivity index (χ2v) is 8.88. The molecule has 5 nitrogen and oxygen atoms in total. The summed E-state index contributed by atoms with van der Waals surface area (Å²) in [6.07, 6.45) is 3.06. The molecule has 1 aliphatic heterocycles. The lowest BCUT2D eigenvalue weighted by atomic mass is 9.99. The summed E-state index contributed by atoms with van der Waals surface area (Å²) < 4.78 is 10.3. The molecule has 1 aliphatic rings. The van der Waals surface area contributed by atoms with E-state index in [4.69, 9.17) is 9.47 Å². The van der Waals surface area contributed by atoms with Crippen LogP contribution in [0.15, 0.2) is 0 Å². The van der Waals surface area contributed by atoms with Crippen LogP contribution in [0, 0.1) is 0 Å². The number of hydrogen-bond donors (Lipinski definition) is 2. The van der Waals surface area contributed by atoms with Crippen molar-refractivity contribution in [2.75, 3.05) is 18.1 Å². The Morgan fingerprint density at radius 3 is 2.77 bits per heavy atom. The van der Waals surface area contributed by atoms with E-state index in [0.717, 1.165) is 19.3 Å². The zero-order valence-corrected chi connectivity index (χ0v) is 15.7. The number of rotatable bonds is 9. The standard InChI is InChI=1S/C14H25NO4S3/c1-11(19-13(17)15-8-9-20)18-12(16)5-3-4-6-14(2)7-10-21-22-14/h11,20H,3-10H2,1-2H3,(H,15,17). The van der Waals surface area contributed by atoms with E-state index in [2.05, 4.69) is 24.9 Å². The van der Waals surface area contributed by atoms with Gasteiger partial charge in [-0.05, 0) is 26.2 Å². The van der Waals surface area contributed by atoms with Gasteiger partial charge in [0.05, 0.1) is 0 Å².